The van der Waals surface area contributed by atoms with Crippen molar-refractivity contribution in [2.24, 2.45) is 5.92 Å². The lowest BCUT2D eigenvalue weighted by Crippen LogP contribution is -2.28. The van der Waals surface area contributed by atoms with Crippen molar-refractivity contribution in [2.45, 2.75) is 39.7 Å². The largest absolute Gasteiger partial charge is 0.356 e. The van der Waals surface area contributed by atoms with E-state index in [1.807, 2.05) is 13.8 Å². The molecule has 21 heavy (non-hydrogen) atoms. The number of amides is 1. The maximum Gasteiger partial charge on any atom is 0.307 e. The minimum Gasteiger partial charge on any atom is -0.356 e. The third-order valence-corrected chi connectivity index (χ3v) is 4.97. The van der Waals surface area contributed by atoms with Gasteiger partial charge >= 0.3 is 4.87 Å². The lowest BCUT2D eigenvalue weighted by molar-refractivity contribution is -0.121. The molecule has 1 aromatic rings. The lowest BCUT2D eigenvalue weighted by atomic mass is 10.1. The predicted molar refractivity (Wildman–Crippen MR) is 88.5 cm³/mol. The molecule has 0 aliphatic carbocycles. The normalized spacial score (nSPS) is 17.5. The van der Waals surface area contributed by atoms with Crippen LogP contribution < -0.4 is 15.5 Å². The van der Waals surface area contributed by atoms with Crippen molar-refractivity contribution in [2.75, 3.05) is 19.6 Å². The summed E-state index contributed by atoms with van der Waals surface area (Å²) in [6.07, 6.45) is 2.62. The average molecular weight is 334 g/mol. The second kappa shape index (κ2) is 8.56. The summed E-state index contributed by atoms with van der Waals surface area (Å²) in [5.41, 5.74) is 0.977. The summed E-state index contributed by atoms with van der Waals surface area (Å²) in [5, 5.41) is 6.27. The number of thiazole rings is 1. The Kier molecular flexibility index (Phi) is 7.42. The third kappa shape index (κ3) is 5.13. The molecule has 1 unspecified atom stereocenters. The highest BCUT2D eigenvalue weighted by Gasteiger charge is 2.14. The lowest BCUT2D eigenvalue weighted by Gasteiger charge is -2.10. The van der Waals surface area contributed by atoms with Gasteiger partial charge in [-0.25, -0.2) is 0 Å². The van der Waals surface area contributed by atoms with Gasteiger partial charge in [0.15, 0.2) is 0 Å². The molecule has 2 N–H and O–H groups in total. The molecule has 1 atom stereocenters. The van der Waals surface area contributed by atoms with Crippen molar-refractivity contribution in [1.82, 2.24) is 15.2 Å². The zero-order valence-electron chi connectivity index (χ0n) is 12.6. The number of aromatic nitrogens is 1. The molecule has 7 heteroatoms. The smallest absolute Gasteiger partial charge is 0.307 e. The molecule has 2 heterocycles. The van der Waals surface area contributed by atoms with Gasteiger partial charge in [-0.2, -0.15) is 0 Å². The van der Waals surface area contributed by atoms with Crippen LogP contribution >= 0.6 is 23.7 Å². The number of nitrogens with one attached hydrogen (secondary N) is 2. The predicted octanol–water partition coefficient (Wildman–Crippen LogP) is 1.45. The van der Waals surface area contributed by atoms with Crippen LogP contribution in [0.4, 0.5) is 0 Å². The number of aryl methyl sites for hydroxylation is 1. The van der Waals surface area contributed by atoms with Crippen LogP contribution in [-0.2, 0) is 11.3 Å². The highest BCUT2D eigenvalue weighted by atomic mass is 35.5. The second-order valence-corrected chi connectivity index (χ2v) is 6.57. The summed E-state index contributed by atoms with van der Waals surface area (Å²) >= 11 is 1.25. The van der Waals surface area contributed by atoms with Crippen molar-refractivity contribution < 1.29 is 4.79 Å². The van der Waals surface area contributed by atoms with E-state index in [0.29, 0.717) is 18.9 Å². The van der Waals surface area contributed by atoms with Crippen LogP contribution in [0.2, 0.25) is 0 Å². The van der Waals surface area contributed by atoms with Crippen molar-refractivity contribution in [3.05, 3.63) is 20.2 Å². The van der Waals surface area contributed by atoms with E-state index >= 15 is 0 Å². The quantitative estimate of drug-likeness (QED) is 0.828. The summed E-state index contributed by atoms with van der Waals surface area (Å²) in [7, 11) is 0. The fourth-order valence-corrected chi connectivity index (χ4v) is 3.38. The van der Waals surface area contributed by atoms with Gasteiger partial charge in [0.1, 0.15) is 0 Å². The van der Waals surface area contributed by atoms with Gasteiger partial charge in [-0.1, -0.05) is 11.3 Å². The topological polar surface area (TPSA) is 63.1 Å². The first-order chi connectivity index (χ1) is 9.58. The molecule has 1 amide bonds. The first-order valence-corrected chi connectivity index (χ1v) is 8.04. The van der Waals surface area contributed by atoms with E-state index in [9.17, 15) is 9.59 Å². The van der Waals surface area contributed by atoms with Gasteiger partial charge in [0, 0.05) is 30.1 Å². The number of carbonyl (C=O) groups excluding carboxylic acids is 1. The Morgan fingerprint density at radius 1 is 1.48 bits per heavy atom. The van der Waals surface area contributed by atoms with E-state index in [1.54, 1.807) is 4.57 Å². The van der Waals surface area contributed by atoms with Gasteiger partial charge in [-0.3, -0.25) is 9.59 Å². The molecule has 1 fully saturated rings. The van der Waals surface area contributed by atoms with Gasteiger partial charge in [0.25, 0.3) is 0 Å². The van der Waals surface area contributed by atoms with Gasteiger partial charge in [0.05, 0.1) is 0 Å². The average Bonchev–Trinajstić information content (AvgIpc) is 2.98. The van der Waals surface area contributed by atoms with E-state index in [-0.39, 0.29) is 23.2 Å². The van der Waals surface area contributed by atoms with Gasteiger partial charge in [0.2, 0.25) is 5.91 Å². The molecule has 0 spiro atoms. The fourth-order valence-electron chi connectivity index (χ4n) is 2.52. The van der Waals surface area contributed by atoms with Gasteiger partial charge in [-0.15, -0.1) is 12.4 Å². The number of carbonyl (C=O) groups is 1. The van der Waals surface area contributed by atoms with Crippen molar-refractivity contribution in [1.29, 1.82) is 0 Å². The van der Waals surface area contributed by atoms with Crippen LogP contribution in [0.5, 0.6) is 0 Å². The summed E-state index contributed by atoms with van der Waals surface area (Å²) < 4.78 is 1.69. The Morgan fingerprint density at radius 3 is 2.81 bits per heavy atom. The number of nitrogens with zero attached hydrogens (tertiary/aromatic N) is 1. The minimum absolute atomic E-state index is 0. The molecule has 0 aromatic carbocycles. The third-order valence-electron chi connectivity index (χ3n) is 3.97. The molecule has 5 nitrogen and oxygen atoms in total. The van der Waals surface area contributed by atoms with Crippen LogP contribution in [0.1, 0.15) is 29.8 Å². The zero-order chi connectivity index (χ0) is 14.5. The Hall–Kier alpha value is -0.850. The van der Waals surface area contributed by atoms with Crippen LogP contribution in [0.15, 0.2) is 4.79 Å². The Morgan fingerprint density at radius 2 is 2.24 bits per heavy atom. The molecule has 1 aromatic heterocycles. The van der Waals surface area contributed by atoms with Crippen molar-refractivity contribution in [3.8, 4) is 0 Å². The Balaban J connectivity index is 0.00000220. The van der Waals surface area contributed by atoms with E-state index in [4.69, 9.17) is 0 Å². The maximum absolute atomic E-state index is 11.8. The number of rotatable bonds is 6. The van der Waals surface area contributed by atoms with Gasteiger partial charge in [-0.05, 0) is 45.7 Å². The fraction of sp³-hybridized carbons (Fsp3) is 0.714. The van der Waals surface area contributed by atoms with E-state index in [2.05, 4.69) is 10.6 Å². The molecule has 1 aliphatic rings. The molecule has 0 radical (unpaired) electrons. The van der Waals surface area contributed by atoms with Crippen molar-refractivity contribution >= 4 is 29.7 Å². The number of halogens is 1. The first kappa shape index (κ1) is 18.2. The monoisotopic (exact) mass is 333 g/mol. The second-order valence-electron chi connectivity index (χ2n) is 5.41. The minimum atomic E-state index is 0. The van der Waals surface area contributed by atoms with Crippen LogP contribution in [-0.4, -0.2) is 30.1 Å². The molecule has 0 saturated carbocycles. The number of hydrogen-bond acceptors (Lipinski definition) is 4. The van der Waals surface area contributed by atoms with Crippen LogP contribution in [0.25, 0.3) is 0 Å². The molecule has 0 bridgehead atoms. The molecule has 120 valence electrons. The molecular formula is C14H24ClN3O2S. The van der Waals surface area contributed by atoms with Crippen LogP contribution in [0.3, 0.4) is 0 Å². The highest BCUT2D eigenvalue weighted by molar-refractivity contribution is 7.09. The van der Waals surface area contributed by atoms with Crippen molar-refractivity contribution in [3.63, 3.8) is 0 Å². The molecular weight excluding hydrogens is 310 g/mol. The Labute approximate surface area is 135 Å². The zero-order valence-corrected chi connectivity index (χ0v) is 14.2. The summed E-state index contributed by atoms with van der Waals surface area (Å²) in [6, 6.07) is 0. The summed E-state index contributed by atoms with van der Waals surface area (Å²) in [5.74, 6) is 0.728. The molecule has 1 aliphatic heterocycles. The standard InChI is InChI=1S/C14H23N3O2S.ClH/c1-10-11(2)20-14(19)17(10)8-5-13(18)16-7-4-12-3-6-15-9-12;/h12,15H,3-9H2,1-2H3,(H,16,18);1H. The van der Waals surface area contributed by atoms with E-state index in [1.165, 1.54) is 17.8 Å². The molecule has 2 rings (SSSR count). The summed E-state index contributed by atoms with van der Waals surface area (Å²) in [4.78, 5) is 24.5. The number of hydrogen-bond donors (Lipinski definition) is 2. The first-order valence-electron chi connectivity index (χ1n) is 7.22. The molecule has 1 saturated heterocycles. The van der Waals surface area contributed by atoms with E-state index in [0.717, 1.165) is 36.6 Å². The maximum atomic E-state index is 11.8. The van der Waals surface area contributed by atoms with E-state index < -0.39 is 0 Å². The highest BCUT2D eigenvalue weighted by Crippen LogP contribution is 2.11. The SMILES string of the molecule is Cc1sc(=O)n(CCC(=O)NCCC2CCNC2)c1C.Cl. The van der Waals surface area contributed by atoms with Gasteiger partial charge < -0.3 is 15.2 Å². The van der Waals surface area contributed by atoms with Crippen LogP contribution in [0, 0.1) is 19.8 Å². The Bertz CT molecular complexity index is 521. The summed E-state index contributed by atoms with van der Waals surface area (Å²) in [6.45, 7) is 7.25.